The second-order valence-electron chi connectivity index (χ2n) is 6.48. The number of aryl methyl sites for hydroxylation is 1. The summed E-state index contributed by atoms with van der Waals surface area (Å²) in [5, 5.41) is 5.19. The van der Waals surface area contributed by atoms with Crippen molar-refractivity contribution in [1.29, 1.82) is 0 Å². The van der Waals surface area contributed by atoms with Crippen LogP contribution in [0.5, 0.6) is 0 Å². The van der Waals surface area contributed by atoms with Crippen molar-refractivity contribution in [2.75, 3.05) is 0 Å². The molecule has 0 bridgehead atoms. The summed E-state index contributed by atoms with van der Waals surface area (Å²) >= 11 is 0. The van der Waals surface area contributed by atoms with Gasteiger partial charge in [-0.3, -0.25) is 14.8 Å². The number of hydrogen-bond donors (Lipinski definition) is 1. The monoisotopic (exact) mass is 369 g/mol. The van der Waals surface area contributed by atoms with Crippen LogP contribution in [0.3, 0.4) is 0 Å². The van der Waals surface area contributed by atoms with Crippen molar-refractivity contribution in [3.63, 3.8) is 0 Å². The van der Waals surface area contributed by atoms with E-state index < -0.39 is 0 Å². The van der Waals surface area contributed by atoms with Crippen LogP contribution in [0.2, 0.25) is 0 Å². The quantitative estimate of drug-likeness (QED) is 0.439. The van der Waals surface area contributed by atoms with E-state index in [-0.39, 0.29) is 5.91 Å². The number of fused-ring (bicyclic) bond motifs is 1. The Morgan fingerprint density at radius 1 is 1.11 bits per heavy atom. The van der Waals surface area contributed by atoms with Crippen LogP contribution in [0.1, 0.15) is 27.3 Å². The predicted octanol–water partition coefficient (Wildman–Crippen LogP) is 3.80. The Kier molecular flexibility index (Phi) is 4.68. The first-order chi connectivity index (χ1) is 13.6. The molecule has 1 aromatic carbocycles. The molecule has 0 saturated carbocycles. The molecule has 0 unspecified atom stereocenters. The van der Waals surface area contributed by atoms with E-state index >= 15 is 0 Å². The second kappa shape index (κ2) is 7.44. The highest BCUT2D eigenvalue weighted by atomic mass is 16.2. The molecule has 0 radical (unpaired) electrons. The van der Waals surface area contributed by atoms with Crippen LogP contribution in [0.15, 0.2) is 72.2 Å². The number of benzene rings is 1. The minimum atomic E-state index is -0.291. The number of pyridine rings is 2. The predicted molar refractivity (Wildman–Crippen MR) is 110 cm³/mol. The minimum Gasteiger partial charge on any atom is -0.318 e. The van der Waals surface area contributed by atoms with Gasteiger partial charge in [0.15, 0.2) is 0 Å². The molecule has 0 aliphatic heterocycles. The topological polar surface area (TPSA) is 72.2 Å². The van der Waals surface area contributed by atoms with E-state index in [0.29, 0.717) is 5.56 Å². The highest BCUT2D eigenvalue weighted by Crippen LogP contribution is 2.22. The fraction of sp³-hybridized carbons (Fsp3) is 0.0909. The van der Waals surface area contributed by atoms with Crippen molar-refractivity contribution in [1.82, 2.24) is 20.0 Å². The lowest BCUT2D eigenvalue weighted by Crippen LogP contribution is -2.17. The van der Waals surface area contributed by atoms with Gasteiger partial charge >= 0.3 is 0 Å². The Hall–Kier alpha value is -3.80. The van der Waals surface area contributed by atoms with E-state index in [1.54, 1.807) is 30.7 Å². The number of nitrogens with one attached hydrogen (secondary N) is 1. The van der Waals surface area contributed by atoms with E-state index in [4.69, 9.17) is 0 Å². The Balaban J connectivity index is 1.59. The summed E-state index contributed by atoms with van der Waals surface area (Å²) in [6.07, 6.45) is 6.58. The van der Waals surface area contributed by atoms with Crippen LogP contribution < -0.4 is 5.43 Å². The Morgan fingerprint density at radius 3 is 2.79 bits per heavy atom. The molecule has 0 spiro atoms. The molecule has 4 aromatic rings. The van der Waals surface area contributed by atoms with Crippen molar-refractivity contribution < 1.29 is 4.79 Å². The van der Waals surface area contributed by atoms with Crippen molar-refractivity contribution in [3.05, 3.63) is 89.6 Å². The van der Waals surface area contributed by atoms with Gasteiger partial charge in [-0.25, -0.2) is 5.43 Å². The van der Waals surface area contributed by atoms with E-state index in [0.717, 1.165) is 33.5 Å². The zero-order valence-corrected chi connectivity index (χ0v) is 15.6. The largest absolute Gasteiger partial charge is 0.318 e. The second-order valence-corrected chi connectivity index (χ2v) is 6.48. The highest BCUT2D eigenvalue weighted by molar-refractivity contribution is 5.94. The van der Waals surface area contributed by atoms with Crippen molar-refractivity contribution in [3.8, 4) is 5.69 Å². The minimum absolute atomic E-state index is 0.291. The van der Waals surface area contributed by atoms with Gasteiger partial charge in [-0.15, -0.1) is 0 Å². The molecule has 1 N–H and O–H groups in total. The molecule has 6 heteroatoms. The Bertz CT molecular complexity index is 1180. The van der Waals surface area contributed by atoms with E-state index in [1.807, 2.05) is 32.0 Å². The van der Waals surface area contributed by atoms with Crippen molar-refractivity contribution in [2.45, 2.75) is 13.8 Å². The fourth-order valence-corrected chi connectivity index (χ4v) is 3.24. The summed E-state index contributed by atoms with van der Waals surface area (Å²) in [7, 11) is 0. The number of carbonyl (C=O) groups is 1. The fourth-order valence-electron chi connectivity index (χ4n) is 3.24. The molecule has 4 rings (SSSR count). The molecule has 28 heavy (non-hydrogen) atoms. The summed E-state index contributed by atoms with van der Waals surface area (Å²) in [6, 6.07) is 15.6. The lowest BCUT2D eigenvalue weighted by molar-refractivity contribution is 0.0955. The average molecular weight is 369 g/mol. The molecule has 0 fully saturated rings. The van der Waals surface area contributed by atoms with E-state index in [2.05, 4.69) is 43.3 Å². The first kappa shape index (κ1) is 17.6. The highest BCUT2D eigenvalue weighted by Gasteiger charge is 2.10. The maximum atomic E-state index is 12.1. The smallest absolute Gasteiger partial charge is 0.272 e. The summed E-state index contributed by atoms with van der Waals surface area (Å²) in [4.78, 5) is 20.4. The summed E-state index contributed by atoms with van der Waals surface area (Å²) < 4.78 is 2.16. The molecule has 1 amide bonds. The lowest BCUT2D eigenvalue weighted by atomic mass is 10.2. The summed E-state index contributed by atoms with van der Waals surface area (Å²) in [5.74, 6) is -0.291. The number of aromatic nitrogens is 3. The molecular weight excluding hydrogens is 350 g/mol. The van der Waals surface area contributed by atoms with Crippen molar-refractivity contribution in [2.24, 2.45) is 5.10 Å². The maximum absolute atomic E-state index is 12.1. The summed E-state index contributed by atoms with van der Waals surface area (Å²) in [5.41, 5.74) is 8.10. The third-order valence-electron chi connectivity index (χ3n) is 4.61. The average Bonchev–Trinajstić information content (AvgIpc) is 3.01. The molecule has 3 heterocycles. The van der Waals surface area contributed by atoms with Gasteiger partial charge in [0.2, 0.25) is 0 Å². The van der Waals surface area contributed by atoms with Gasteiger partial charge in [0.25, 0.3) is 5.91 Å². The SMILES string of the molecule is Cc1cc(/C=N\NC(=O)c2cccnc2)c(C)n1-c1ccc2ncccc2c1. The summed E-state index contributed by atoms with van der Waals surface area (Å²) in [6.45, 7) is 4.08. The van der Waals surface area contributed by atoms with E-state index in [1.165, 1.54) is 6.20 Å². The molecule has 0 aliphatic carbocycles. The Labute approximate surface area is 162 Å². The van der Waals surface area contributed by atoms with Gasteiger partial charge in [-0.2, -0.15) is 5.10 Å². The molecule has 6 nitrogen and oxygen atoms in total. The number of carbonyl (C=O) groups excluding carboxylic acids is 1. The van der Waals surface area contributed by atoms with Gasteiger partial charge in [0.1, 0.15) is 0 Å². The zero-order valence-electron chi connectivity index (χ0n) is 15.6. The number of hydrazone groups is 1. The molecule has 0 saturated heterocycles. The molecular formula is C22H19N5O. The van der Waals surface area contributed by atoms with Gasteiger partial charge in [-0.05, 0) is 56.3 Å². The van der Waals surface area contributed by atoms with Gasteiger partial charge in [0.05, 0.1) is 17.3 Å². The number of amides is 1. The third-order valence-corrected chi connectivity index (χ3v) is 4.61. The maximum Gasteiger partial charge on any atom is 0.272 e. The van der Waals surface area contributed by atoms with Gasteiger partial charge in [0, 0.05) is 46.6 Å². The number of hydrogen-bond acceptors (Lipinski definition) is 4. The standard InChI is InChI=1S/C22H19N5O/c1-15-11-19(14-25-26-22(28)18-6-3-9-23-13-18)16(2)27(15)20-7-8-21-17(12-20)5-4-10-24-21/h3-14H,1-2H3,(H,26,28)/b25-14-. The van der Waals surface area contributed by atoms with Crippen LogP contribution in [-0.2, 0) is 0 Å². The Morgan fingerprint density at radius 2 is 1.96 bits per heavy atom. The molecule has 3 aromatic heterocycles. The van der Waals surface area contributed by atoms with Crippen LogP contribution >= 0.6 is 0 Å². The first-order valence-corrected chi connectivity index (χ1v) is 8.91. The van der Waals surface area contributed by atoms with Gasteiger partial charge in [-0.1, -0.05) is 6.07 Å². The molecule has 0 atom stereocenters. The van der Waals surface area contributed by atoms with Gasteiger partial charge < -0.3 is 4.57 Å². The zero-order chi connectivity index (χ0) is 19.5. The third kappa shape index (κ3) is 3.40. The van der Waals surface area contributed by atoms with E-state index in [9.17, 15) is 4.79 Å². The van der Waals surface area contributed by atoms with Crippen molar-refractivity contribution >= 4 is 23.0 Å². The van der Waals surface area contributed by atoms with Crippen LogP contribution in [0.25, 0.3) is 16.6 Å². The van der Waals surface area contributed by atoms with Crippen LogP contribution in [0.4, 0.5) is 0 Å². The first-order valence-electron chi connectivity index (χ1n) is 8.91. The molecule has 138 valence electrons. The lowest BCUT2D eigenvalue weighted by Gasteiger charge is -2.10. The molecule has 0 aliphatic rings. The number of nitrogens with zero attached hydrogens (tertiary/aromatic N) is 4. The van der Waals surface area contributed by atoms with Crippen LogP contribution in [-0.4, -0.2) is 26.7 Å². The number of rotatable bonds is 4. The van der Waals surface area contributed by atoms with Crippen LogP contribution in [0, 0.1) is 13.8 Å². The normalized spacial score (nSPS) is 11.2.